The van der Waals surface area contributed by atoms with Crippen LogP contribution in [0.4, 0.5) is 9.18 Å². The molecule has 1 aromatic heterocycles. The van der Waals surface area contributed by atoms with Crippen molar-refractivity contribution in [2.24, 2.45) is 5.10 Å². The van der Waals surface area contributed by atoms with E-state index in [1.165, 1.54) is 25.3 Å². The van der Waals surface area contributed by atoms with Crippen molar-refractivity contribution in [1.29, 1.82) is 0 Å². The van der Waals surface area contributed by atoms with Crippen LogP contribution in [-0.2, 0) is 14.8 Å². The highest BCUT2D eigenvalue weighted by atomic mass is 35.5. The number of urea groups is 1. The number of hydrogen-bond donors (Lipinski definition) is 4. The van der Waals surface area contributed by atoms with Gasteiger partial charge in [0.05, 0.1) is 7.11 Å². The Bertz CT molecular complexity index is 878. The average molecular weight is 423 g/mol. The minimum Gasteiger partial charge on any atom is -0.481 e. The lowest BCUT2D eigenvalue weighted by Crippen LogP contribution is -2.53. The summed E-state index contributed by atoms with van der Waals surface area (Å²) in [5.41, 5.74) is 4.21. The molecule has 0 fully saturated rings. The number of aliphatic hydroxyl groups is 1. The number of rotatable bonds is 6. The highest BCUT2D eigenvalue weighted by Gasteiger charge is 2.29. The van der Waals surface area contributed by atoms with Crippen LogP contribution < -0.4 is 15.6 Å². The Kier molecular flexibility index (Phi) is 6.41. The number of allylic oxidation sites excluding steroid dienone is 1. The van der Waals surface area contributed by atoms with Gasteiger partial charge in [-0.05, 0) is 13.0 Å². The number of pyridine rings is 1. The Labute approximate surface area is 158 Å². The second kappa shape index (κ2) is 8.37. The fourth-order valence-electron chi connectivity index (χ4n) is 1.94. The number of methoxy groups -OCH3 is 1. The predicted octanol–water partition coefficient (Wildman–Crippen LogP) is 0.236. The minimum atomic E-state index is -4.53. The van der Waals surface area contributed by atoms with E-state index in [-0.39, 0.29) is 16.6 Å². The fourth-order valence-corrected chi connectivity index (χ4v) is 3.20. The molecule has 4 N–H and O–H groups in total. The molecule has 0 aromatic carbocycles. The molecule has 0 saturated heterocycles. The molecule has 2 unspecified atom stereocenters. The first-order valence-corrected chi connectivity index (χ1v) is 9.17. The molecule has 14 heteroatoms. The summed E-state index contributed by atoms with van der Waals surface area (Å²) in [6.07, 6.45) is -1.06. The van der Waals surface area contributed by atoms with Gasteiger partial charge in [0.25, 0.3) is 10.0 Å². The van der Waals surface area contributed by atoms with Crippen LogP contribution in [0.5, 0.6) is 0 Å². The van der Waals surface area contributed by atoms with Crippen molar-refractivity contribution in [3.05, 3.63) is 35.9 Å². The fraction of sp³-hybridized carbons (Fsp3) is 0.308. The molecule has 2 amide bonds. The molecular formula is C13H16ClFN6O5S. The summed E-state index contributed by atoms with van der Waals surface area (Å²) in [7, 11) is -3.20. The predicted molar refractivity (Wildman–Crippen MR) is 92.0 cm³/mol. The lowest BCUT2D eigenvalue weighted by atomic mass is 10.1. The number of amides is 2. The van der Waals surface area contributed by atoms with Gasteiger partial charge in [0.2, 0.25) is 5.88 Å². The smallest absolute Gasteiger partial charge is 0.350 e. The van der Waals surface area contributed by atoms with E-state index in [1.54, 1.807) is 4.72 Å². The van der Waals surface area contributed by atoms with Gasteiger partial charge in [-0.2, -0.15) is 8.42 Å². The van der Waals surface area contributed by atoms with Crippen LogP contribution in [0, 0.1) is 0 Å². The van der Waals surface area contributed by atoms with E-state index in [0.717, 1.165) is 13.1 Å². The molecule has 1 aliphatic rings. The second-order valence-corrected chi connectivity index (χ2v) is 7.11. The third kappa shape index (κ3) is 5.18. The SMILES string of the molecule is COC1=CC(Cl)=NN(NC(=O)NS(=O)(=O)c2ncccc2C(O)C(C)F)N1. The number of aliphatic hydroxyl groups excluding tert-OH is 1. The monoisotopic (exact) mass is 422 g/mol. The van der Waals surface area contributed by atoms with Crippen molar-refractivity contribution in [3.8, 4) is 0 Å². The minimum absolute atomic E-state index is 0.0548. The number of halogens is 2. The lowest BCUT2D eigenvalue weighted by molar-refractivity contribution is 0.0853. The van der Waals surface area contributed by atoms with Crippen molar-refractivity contribution < 1.29 is 27.4 Å². The summed E-state index contributed by atoms with van der Waals surface area (Å²) in [4.78, 5) is 15.6. The van der Waals surface area contributed by atoms with Gasteiger partial charge >= 0.3 is 6.03 Å². The van der Waals surface area contributed by atoms with Gasteiger partial charge in [-0.3, -0.25) is 0 Å². The van der Waals surface area contributed by atoms with Crippen LogP contribution >= 0.6 is 11.6 Å². The van der Waals surface area contributed by atoms with Gasteiger partial charge in [-0.25, -0.2) is 29.7 Å². The molecule has 0 radical (unpaired) electrons. The maximum atomic E-state index is 13.4. The van der Waals surface area contributed by atoms with Crippen LogP contribution in [0.25, 0.3) is 0 Å². The average Bonchev–Trinajstić information content (AvgIpc) is 2.59. The second-order valence-electron chi connectivity index (χ2n) is 5.13. The van der Waals surface area contributed by atoms with Crippen molar-refractivity contribution in [1.82, 2.24) is 25.8 Å². The molecular weight excluding hydrogens is 407 g/mol. The number of ether oxygens (including phenoxy) is 1. The number of nitrogens with one attached hydrogen (secondary N) is 3. The van der Waals surface area contributed by atoms with Crippen LogP contribution in [0.3, 0.4) is 0 Å². The Morgan fingerprint density at radius 2 is 2.22 bits per heavy atom. The van der Waals surface area contributed by atoms with Gasteiger partial charge < -0.3 is 9.84 Å². The maximum Gasteiger partial charge on any atom is 0.350 e. The van der Waals surface area contributed by atoms with Gasteiger partial charge in [0.15, 0.2) is 10.2 Å². The summed E-state index contributed by atoms with van der Waals surface area (Å²) >= 11 is 5.73. The van der Waals surface area contributed by atoms with Crippen LogP contribution in [0.15, 0.2) is 40.4 Å². The number of nitrogens with zero attached hydrogens (tertiary/aromatic N) is 3. The van der Waals surface area contributed by atoms with Crippen LogP contribution in [-0.4, -0.2) is 48.2 Å². The van der Waals surface area contributed by atoms with Crippen molar-refractivity contribution >= 4 is 32.8 Å². The Morgan fingerprint density at radius 3 is 2.85 bits per heavy atom. The molecule has 2 rings (SSSR count). The number of sulfonamides is 1. The first-order chi connectivity index (χ1) is 12.6. The molecule has 0 spiro atoms. The Hall–Kier alpha value is -2.64. The molecule has 1 aromatic rings. The number of hydrazone groups is 1. The number of hydrogen-bond acceptors (Lipinski definition) is 9. The normalized spacial score (nSPS) is 16.4. The van der Waals surface area contributed by atoms with E-state index >= 15 is 0 Å². The number of aromatic nitrogens is 1. The van der Waals surface area contributed by atoms with Crippen molar-refractivity contribution in [3.63, 3.8) is 0 Å². The summed E-state index contributed by atoms with van der Waals surface area (Å²) in [5, 5.41) is 13.5. The Balaban J connectivity index is 2.16. The molecule has 27 heavy (non-hydrogen) atoms. The molecule has 0 bridgehead atoms. The molecule has 0 saturated carbocycles. The quantitative estimate of drug-likeness (QED) is 0.510. The number of hydrazine groups is 2. The third-order valence-corrected chi connectivity index (χ3v) is 4.61. The molecule has 148 valence electrons. The number of carbonyl (C=O) groups is 1. The highest BCUT2D eigenvalue weighted by molar-refractivity contribution is 7.90. The highest BCUT2D eigenvalue weighted by Crippen LogP contribution is 2.24. The van der Waals surface area contributed by atoms with Crippen LogP contribution in [0.1, 0.15) is 18.6 Å². The van der Waals surface area contributed by atoms with E-state index in [1.807, 2.05) is 5.43 Å². The van der Waals surface area contributed by atoms with E-state index in [9.17, 15) is 22.7 Å². The third-order valence-electron chi connectivity index (χ3n) is 3.13. The van der Waals surface area contributed by atoms with Gasteiger partial charge in [-0.15, -0.1) is 10.3 Å². The zero-order chi connectivity index (χ0) is 20.2. The van der Waals surface area contributed by atoms with Crippen molar-refractivity contribution in [2.45, 2.75) is 24.2 Å². The van der Waals surface area contributed by atoms with Crippen LogP contribution in [0.2, 0.25) is 0 Å². The van der Waals surface area contributed by atoms with Gasteiger partial charge in [0.1, 0.15) is 12.3 Å². The summed E-state index contributed by atoms with van der Waals surface area (Å²) < 4.78 is 44.8. The zero-order valence-electron chi connectivity index (χ0n) is 14.1. The standard InChI is InChI=1S/C13H16ClFN6O5S/c1-7(15)11(22)8-4-3-5-16-12(8)27(24,25)20-13(23)19-21-17-9(14)6-10(18-21)26-2/h3-7,11,18,22H,1-2H3,(H2,19,20,23). The van der Waals surface area contributed by atoms with Gasteiger partial charge in [-0.1, -0.05) is 17.7 Å². The zero-order valence-corrected chi connectivity index (χ0v) is 15.6. The van der Waals surface area contributed by atoms with E-state index in [2.05, 4.69) is 15.5 Å². The molecule has 1 aliphatic heterocycles. The summed E-state index contributed by atoms with van der Waals surface area (Å²) in [6.45, 7) is 1.05. The van der Waals surface area contributed by atoms with E-state index < -0.39 is 33.4 Å². The summed E-state index contributed by atoms with van der Waals surface area (Å²) in [6, 6.07) is 1.28. The number of alkyl halides is 1. The molecule has 2 atom stereocenters. The summed E-state index contributed by atoms with van der Waals surface area (Å²) in [5.74, 6) is 0.130. The van der Waals surface area contributed by atoms with Gasteiger partial charge in [0, 0.05) is 17.8 Å². The Morgan fingerprint density at radius 1 is 1.52 bits per heavy atom. The largest absolute Gasteiger partial charge is 0.481 e. The van der Waals surface area contributed by atoms with E-state index in [4.69, 9.17) is 16.3 Å². The lowest BCUT2D eigenvalue weighted by Gasteiger charge is -2.24. The maximum absolute atomic E-state index is 13.4. The first-order valence-electron chi connectivity index (χ1n) is 7.31. The van der Waals surface area contributed by atoms with Crippen molar-refractivity contribution in [2.75, 3.05) is 7.11 Å². The first kappa shape index (κ1) is 20.7. The number of carbonyl (C=O) groups excluding carboxylic acids is 1. The molecule has 0 aliphatic carbocycles. The topological polar surface area (TPSA) is 145 Å². The van der Waals surface area contributed by atoms with E-state index in [0.29, 0.717) is 5.23 Å². The molecule has 2 heterocycles. The molecule has 11 nitrogen and oxygen atoms in total.